The molecule has 0 saturated carbocycles. The highest BCUT2D eigenvalue weighted by Crippen LogP contribution is 2.23. The predicted molar refractivity (Wildman–Crippen MR) is 98.3 cm³/mol. The number of amides is 2. The summed E-state index contributed by atoms with van der Waals surface area (Å²) in [7, 11) is 0. The maximum absolute atomic E-state index is 12.2. The molecule has 0 fully saturated rings. The molecule has 0 N–H and O–H groups in total. The SMILES string of the molecule is CCCCCCCCCCCCCN1C(=O)c2ccccc2C1=O. The number of benzene rings is 1. The van der Waals surface area contributed by atoms with Crippen LogP contribution < -0.4 is 0 Å². The van der Waals surface area contributed by atoms with Crippen LogP contribution in [0.3, 0.4) is 0 Å². The fourth-order valence-electron chi connectivity index (χ4n) is 3.38. The van der Waals surface area contributed by atoms with Gasteiger partial charge in [-0.1, -0.05) is 83.3 Å². The normalized spacial score (nSPS) is 13.6. The largest absolute Gasteiger partial charge is 0.274 e. The second-order valence-corrected chi connectivity index (χ2v) is 6.84. The minimum absolute atomic E-state index is 0.123. The Balaban J connectivity index is 1.53. The molecule has 0 saturated heterocycles. The first-order valence-corrected chi connectivity index (χ1v) is 9.71. The van der Waals surface area contributed by atoms with Crippen molar-refractivity contribution >= 4 is 11.8 Å². The number of nitrogens with zero attached hydrogens (tertiary/aromatic N) is 1. The molecular weight excluding hydrogens is 298 g/mol. The average molecular weight is 329 g/mol. The summed E-state index contributed by atoms with van der Waals surface area (Å²) in [4.78, 5) is 25.9. The molecule has 3 nitrogen and oxygen atoms in total. The zero-order valence-corrected chi connectivity index (χ0v) is 15.1. The Hall–Kier alpha value is -1.64. The maximum Gasteiger partial charge on any atom is 0.261 e. The van der Waals surface area contributed by atoms with Gasteiger partial charge in [0.05, 0.1) is 11.1 Å². The van der Waals surface area contributed by atoms with Crippen molar-refractivity contribution < 1.29 is 9.59 Å². The van der Waals surface area contributed by atoms with E-state index in [9.17, 15) is 9.59 Å². The smallest absolute Gasteiger partial charge is 0.261 e. The molecule has 1 aliphatic rings. The Morgan fingerprint density at radius 1 is 0.667 bits per heavy atom. The van der Waals surface area contributed by atoms with Gasteiger partial charge >= 0.3 is 0 Å². The van der Waals surface area contributed by atoms with Crippen LogP contribution in [0.25, 0.3) is 0 Å². The van der Waals surface area contributed by atoms with Gasteiger partial charge in [0.2, 0.25) is 0 Å². The van der Waals surface area contributed by atoms with Gasteiger partial charge in [0.25, 0.3) is 11.8 Å². The Kier molecular flexibility index (Phi) is 8.00. The second kappa shape index (κ2) is 10.3. The van der Waals surface area contributed by atoms with Crippen LogP contribution in [-0.2, 0) is 0 Å². The molecule has 0 aromatic heterocycles. The molecule has 2 rings (SSSR count). The van der Waals surface area contributed by atoms with Crippen LogP contribution >= 0.6 is 0 Å². The minimum atomic E-state index is -0.123. The van der Waals surface area contributed by atoms with Crippen LogP contribution in [0.1, 0.15) is 98.3 Å². The fourth-order valence-corrected chi connectivity index (χ4v) is 3.38. The Morgan fingerprint density at radius 2 is 1.08 bits per heavy atom. The molecule has 2 amide bonds. The fraction of sp³-hybridized carbons (Fsp3) is 0.619. The van der Waals surface area contributed by atoms with Crippen LogP contribution in [0.4, 0.5) is 0 Å². The van der Waals surface area contributed by atoms with Crippen molar-refractivity contribution in [3.8, 4) is 0 Å². The van der Waals surface area contributed by atoms with Crippen LogP contribution in [0.5, 0.6) is 0 Å². The van der Waals surface area contributed by atoms with Crippen LogP contribution in [0.2, 0.25) is 0 Å². The summed E-state index contributed by atoms with van der Waals surface area (Å²) in [6, 6.07) is 7.12. The highest BCUT2D eigenvalue weighted by molar-refractivity contribution is 6.21. The molecule has 132 valence electrons. The van der Waals surface area contributed by atoms with Gasteiger partial charge in [0.15, 0.2) is 0 Å². The quantitative estimate of drug-likeness (QED) is 0.370. The summed E-state index contributed by atoms with van der Waals surface area (Å²) in [5.74, 6) is -0.245. The number of hydrogen-bond donors (Lipinski definition) is 0. The summed E-state index contributed by atoms with van der Waals surface area (Å²) in [5.41, 5.74) is 1.12. The van der Waals surface area contributed by atoms with E-state index in [1.165, 1.54) is 62.7 Å². The number of carbonyl (C=O) groups is 2. The van der Waals surface area contributed by atoms with E-state index in [4.69, 9.17) is 0 Å². The number of fused-ring (bicyclic) bond motifs is 1. The van der Waals surface area contributed by atoms with Crippen molar-refractivity contribution in [3.63, 3.8) is 0 Å². The topological polar surface area (TPSA) is 37.4 Å². The first kappa shape index (κ1) is 18.7. The van der Waals surface area contributed by atoms with Gasteiger partial charge in [-0.05, 0) is 18.6 Å². The Labute approximate surface area is 146 Å². The van der Waals surface area contributed by atoms with Crippen molar-refractivity contribution in [2.45, 2.75) is 77.6 Å². The molecule has 1 heterocycles. The molecule has 24 heavy (non-hydrogen) atoms. The number of imide groups is 1. The highest BCUT2D eigenvalue weighted by Gasteiger charge is 2.34. The van der Waals surface area contributed by atoms with Gasteiger partial charge in [-0.3, -0.25) is 14.5 Å². The molecule has 1 aromatic rings. The number of rotatable bonds is 12. The third kappa shape index (κ3) is 5.19. The summed E-state index contributed by atoms with van der Waals surface area (Å²) in [6.07, 6.45) is 14.0. The Bertz CT molecular complexity index is 503. The Morgan fingerprint density at radius 3 is 1.54 bits per heavy atom. The number of hydrogen-bond acceptors (Lipinski definition) is 2. The third-order valence-corrected chi connectivity index (χ3v) is 4.86. The zero-order chi connectivity index (χ0) is 17.2. The first-order chi connectivity index (χ1) is 11.8. The van der Waals surface area contributed by atoms with Gasteiger partial charge in [-0.15, -0.1) is 0 Å². The lowest BCUT2D eigenvalue weighted by molar-refractivity contribution is 0.0651. The first-order valence-electron chi connectivity index (χ1n) is 9.71. The van der Waals surface area contributed by atoms with E-state index in [0.29, 0.717) is 17.7 Å². The molecule has 1 aromatic carbocycles. The maximum atomic E-state index is 12.2. The van der Waals surface area contributed by atoms with Crippen molar-refractivity contribution in [2.24, 2.45) is 0 Å². The van der Waals surface area contributed by atoms with Crippen molar-refractivity contribution in [3.05, 3.63) is 35.4 Å². The molecule has 1 aliphatic heterocycles. The predicted octanol–water partition coefficient (Wildman–Crippen LogP) is 5.59. The standard InChI is InChI=1S/C21H31NO2/c1-2-3-4-5-6-7-8-9-10-11-14-17-22-20(23)18-15-12-13-16-19(18)21(22)24/h12-13,15-16H,2-11,14,17H2,1H3. The molecule has 0 radical (unpaired) electrons. The van der Waals surface area contributed by atoms with Crippen molar-refractivity contribution in [1.82, 2.24) is 4.90 Å². The molecular formula is C21H31NO2. The van der Waals surface area contributed by atoms with Crippen LogP contribution in [0.15, 0.2) is 24.3 Å². The van der Waals surface area contributed by atoms with Gasteiger partial charge < -0.3 is 0 Å². The lowest BCUT2D eigenvalue weighted by Gasteiger charge is -2.13. The van der Waals surface area contributed by atoms with Crippen LogP contribution in [0, 0.1) is 0 Å². The van der Waals surface area contributed by atoms with E-state index in [0.717, 1.165) is 12.8 Å². The van der Waals surface area contributed by atoms with E-state index in [-0.39, 0.29) is 11.8 Å². The van der Waals surface area contributed by atoms with Crippen LogP contribution in [-0.4, -0.2) is 23.3 Å². The van der Waals surface area contributed by atoms with Gasteiger partial charge in [-0.25, -0.2) is 0 Å². The summed E-state index contributed by atoms with van der Waals surface area (Å²) >= 11 is 0. The average Bonchev–Trinajstić information content (AvgIpc) is 2.84. The van der Waals surface area contributed by atoms with E-state index in [1.54, 1.807) is 12.1 Å². The van der Waals surface area contributed by atoms with E-state index in [2.05, 4.69) is 6.92 Å². The molecule has 0 aliphatic carbocycles. The van der Waals surface area contributed by atoms with Crippen molar-refractivity contribution in [1.29, 1.82) is 0 Å². The lowest BCUT2D eigenvalue weighted by Crippen LogP contribution is -2.30. The van der Waals surface area contributed by atoms with E-state index in [1.807, 2.05) is 12.1 Å². The molecule has 0 unspecified atom stereocenters. The van der Waals surface area contributed by atoms with E-state index < -0.39 is 0 Å². The third-order valence-electron chi connectivity index (χ3n) is 4.86. The summed E-state index contributed by atoms with van der Waals surface area (Å²) in [6.45, 7) is 2.81. The van der Waals surface area contributed by atoms with Gasteiger partial charge in [0.1, 0.15) is 0 Å². The second-order valence-electron chi connectivity index (χ2n) is 6.84. The van der Waals surface area contributed by atoms with E-state index >= 15 is 0 Å². The van der Waals surface area contributed by atoms with Gasteiger partial charge in [-0.2, -0.15) is 0 Å². The molecule has 0 bridgehead atoms. The number of carbonyl (C=O) groups excluding carboxylic acids is 2. The number of unbranched alkanes of at least 4 members (excludes halogenated alkanes) is 10. The monoisotopic (exact) mass is 329 g/mol. The zero-order valence-electron chi connectivity index (χ0n) is 15.1. The van der Waals surface area contributed by atoms with Crippen molar-refractivity contribution in [2.75, 3.05) is 6.54 Å². The molecule has 0 atom stereocenters. The van der Waals surface area contributed by atoms with Gasteiger partial charge in [0, 0.05) is 6.54 Å². The summed E-state index contributed by atoms with van der Waals surface area (Å²) < 4.78 is 0. The highest BCUT2D eigenvalue weighted by atomic mass is 16.2. The minimum Gasteiger partial charge on any atom is -0.274 e. The molecule has 3 heteroatoms. The summed E-state index contributed by atoms with van der Waals surface area (Å²) in [5, 5.41) is 0. The lowest BCUT2D eigenvalue weighted by atomic mass is 10.1. The molecule has 0 spiro atoms.